The van der Waals surface area contributed by atoms with Gasteiger partial charge >= 0.3 is 12.1 Å². The van der Waals surface area contributed by atoms with Gasteiger partial charge in [-0.05, 0) is 34.9 Å². The largest absolute Gasteiger partial charge is 0.489 e. The first kappa shape index (κ1) is 29.0. The highest BCUT2D eigenvalue weighted by atomic mass is 19.4. The quantitative estimate of drug-likeness (QED) is 0.210. The fourth-order valence-corrected chi connectivity index (χ4v) is 3.86. The van der Waals surface area contributed by atoms with Gasteiger partial charge in [0.2, 0.25) is 0 Å². The third-order valence-corrected chi connectivity index (χ3v) is 5.66. The predicted molar refractivity (Wildman–Crippen MR) is 133 cm³/mol. The predicted octanol–water partition coefficient (Wildman–Crippen LogP) is 5.94. The fourth-order valence-electron chi connectivity index (χ4n) is 3.86. The van der Waals surface area contributed by atoms with Crippen LogP contribution in [0.2, 0.25) is 0 Å². The van der Waals surface area contributed by atoms with Crippen LogP contribution in [0.4, 0.5) is 13.2 Å². The first-order chi connectivity index (χ1) is 18.2. The lowest BCUT2D eigenvalue weighted by Crippen LogP contribution is -2.17. The van der Waals surface area contributed by atoms with Gasteiger partial charge < -0.3 is 28.4 Å². The lowest BCUT2D eigenvalue weighted by Gasteiger charge is -2.24. The second-order valence-electron chi connectivity index (χ2n) is 8.13. The van der Waals surface area contributed by atoms with E-state index in [1.54, 1.807) is 12.1 Å². The Morgan fingerprint density at radius 1 is 0.868 bits per heavy atom. The normalized spacial score (nSPS) is 11.5. The van der Waals surface area contributed by atoms with Crippen LogP contribution in [0.15, 0.2) is 60.7 Å². The number of esters is 1. The van der Waals surface area contributed by atoms with Crippen molar-refractivity contribution >= 4 is 5.97 Å². The number of carbonyl (C=O) groups excluding carboxylic acids is 1. The molecule has 0 unspecified atom stereocenters. The SMILES string of the molecule is COCOc1c(C(F)(F)F)ccc(COc2ccc(-c3cccc(CC(=O)OC)c3)cc2)c1C(OC)OC. The van der Waals surface area contributed by atoms with Gasteiger partial charge in [0.05, 0.1) is 24.7 Å². The monoisotopic (exact) mass is 534 g/mol. The van der Waals surface area contributed by atoms with Crippen molar-refractivity contribution in [2.24, 2.45) is 0 Å². The number of alkyl halides is 3. The molecule has 7 nitrogen and oxygen atoms in total. The van der Waals surface area contributed by atoms with Gasteiger partial charge in [-0.3, -0.25) is 4.79 Å². The van der Waals surface area contributed by atoms with Gasteiger partial charge in [-0.2, -0.15) is 13.2 Å². The number of methoxy groups -OCH3 is 4. The number of benzene rings is 3. The highest BCUT2D eigenvalue weighted by molar-refractivity contribution is 5.74. The molecule has 204 valence electrons. The molecule has 0 bridgehead atoms. The van der Waals surface area contributed by atoms with Gasteiger partial charge in [-0.15, -0.1) is 0 Å². The van der Waals surface area contributed by atoms with Crippen molar-refractivity contribution in [2.75, 3.05) is 35.2 Å². The van der Waals surface area contributed by atoms with Gasteiger partial charge in [-0.1, -0.05) is 42.5 Å². The van der Waals surface area contributed by atoms with Crippen LogP contribution in [0.25, 0.3) is 11.1 Å². The Labute approximate surface area is 219 Å². The molecule has 0 atom stereocenters. The fraction of sp³-hybridized carbons (Fsp3) is 0.321. The molecular weight excluding hydrogens is 505 g/mol. The number of carbonyl (C=O) groups is 1. The molecule has 0 saturated heterocycles. The summed E-state index contributed by atoms with van der Waals surface area (Å²) in [6.45, 7) is -0.475. The van der Waals surface area contributed by atoms with Crippen molar-refractivity contribution in [3.8, 4) is 22.6 Å². The Bertz CT molecular complexity index is 1210. The summed E-state index contributed by atoms with van der Waals surface area (Å²) in [4.78, 5) is 11.6. The number of hydrogen-bond acceptors (Lipinski definition) is 7. The van der Waals surface area contributed by atoms with E-state index in [1.807, 2.05) is 36.4 Å². The zero-order chi connectivity index (χ0) is 27.7. The third kappa shape index (κ3) is 7.25. The Kier molecular flexibility index (Phi) is 10.1. The first-order valence-electron chi connectivity index (χ1n) is 11.5. The summed E-state index contributed by atoms with van der Waals surface area (Å²) in [6.07, 6.45) is -5.64. The van der Waals surface area contributed by atoms with Gasteiger partial charge in [0.1, 0.15) is 18.1 Å². The maximum Gasteiger partial charge on any atom is 0.419 e. The second kappa shape index (κ2) is 13.3. The minimum absolute atomic E-state index is 0.0564. The van der Waals surface area contributed by atoms with Crippen molar-refractivity contribution in [3.63, 3.8) is 0 Å². The molecule has 10 heteroatoms. The molecule has 0 aliphatic rings. The smallest absolute Gasteiger partial charge is 0.419 e. The molecule has 3 aromatic carbocycles. The van der Waals surface area contributed by atoms with Crippen molar-refractivity contribution < 1.29 is 46.4 Å². The number of hydrogen-bond donors (Lipinski definition) is 0. The standard InChI is InChI=1S/C28H29F3O7/c1-33-17-38-26-23(28(29,30)31)13-10-21(25(26)27(35-3)36-4)16-37-22-11-8-19(9-12-22)20-7-5-6-18(14-20)15-24(32)34-2/h5-14,27H,15-17H2,1-4H3. The summed E-state index contributed by atoms with van der Waals surface area (Å²) in [6, 6.07) is 17.0. The molecule has 38 heavy (non-hydrogen) atoms. The summed E-state index contributed by atoms with van der Waals surface area (Å²) in [5.41, 5.74) is 2.09. The van der Waals surface area contributed by atoms with Crippen LogP contribution in [0.3, 0.4) is 0 Å². The Morgan fingerprint density at radius 2 is 1.58 bits per heavy atom. The summed E-state index contributed by atoms with van der Waals surface area (Å²) < 4.78 is 72.6. The van der Waals surface area contributed by atoms with Gasteiger partial charge in [0, 0.05) is 26.9 Å². The van der Waals surface area contributed by atoms with Crippen LogP contribution in [-0.2, 0) is 42.9 Å². The first-order valence-corrected chi connectivity index (χ1v) is 11.5. The van der Waals surface area contributed by atoms with Crippen molar-refractivity contribution in [3.05, 3.63) is 82.9 Å². The Hall–Kier alpha value is -3.60. The average molecular weight is 535 g/mol. The topological polar surface area (TPSA) is 72.5 Å². The molecule has 0 saturated carbocycles. The molecule has 3 rings (SSSR count). The van der Waals surface area contributed by atoms with E-state index in [9.17, 15) is 18.0 Å². The van der Waals surface area contributed by atoms with Crippen LogP contribution >= 0.6 is 0 Å². The average Bonchev–Trinajstić information content (AvgIpc) is 2.91. The summed E-state index contributed by atoms with van der Waals surface area (Å²) >= 11 is 0. The third-order valence-electron chi connectivity index (χ3n) is 5.66. The Balaban J connectivity index is 1.86. The van der Waals surface area contributed by atoms with E-state index in [4.69, 9.17) is 28.4 Å². The van der Waals surface area contributed by atoms with E-state index in [-0.39, 0.29) is 24.6 Å². The molecule has 0 N–H and O–H groups in total. The molecule has 0 amide bonds. The highest BCUT2D eigenvalue weighted by Crippen LogP contribution is 2.43. The van der Waals surface area contributed by atoms with Crippen molar-refractivity contribution in [2.45, 2.75) is 25.5 Å². The van der Waals surface area contributed by atoms with E-state index < -0.39 is 30.6 Å². The lowest BCUT2D eigenvalue weighted by molar-refractivity contribution is -0.141. The molecule has 3 aromatic rings. The second-order valence-corrected chi connectivity index (χ2v) is 8.13. The minimum atomic E-state index is -4.67. The number of rotatable bonds is 12. The summed E-state index contributed by atoms with van der Waals surface area (Å²) in [7, 11) is 5.29. The lowest BCUT2D eigenvalue weighted by atomic mass is 10.0. The molecule has 0 aliphatic carbocycles. The molecule has 0 aromatic heterocycles. The molecule has 0 radical (unpaired) electrons. The summed E-state index contributed by atoms with van der Waals surface area (Å²) in [5.74, 6) is -0.277. The van der Waals surface area contributed by atoms with Crippen LogP contribution in [0.1, 0.15) is 28.5 Å². The van der Waals surface area contributed by atoms with Crippen LogP contribution in [-0.4, -0.2) is 41.2 Å². The number of halogens is 3. The van der Waals surface area contributed by atoms with Crippen LogP contribution in [0.5, 0.6) is 11.5 Å². The zero-order valence-corrected chi connectivity index (χ0v) is 21.5. The highest BCUT2D eigenvalue weighted by Gasteiger charge is 2.38. The van der Waals surface area contributed by atoms with Crippen molar-refractivity contribution in [1.82, 2.24) is 0 Å². The van der Waals surface area contributed by atoms with E-state index in [1.165, 1.54) is 34.5 Å². The van der Waals surface area contributed by atoms with Gasteiger partial charge in [0.15, 0.2) is 13.1 Å². The molecular formula is C28H29F3O7. The number of ether oxygens (including phenoxy) is 6. The molecule has 0 aliphatic heterocycles. The van der Waals surface area contributed by atoms with Crippen LogP contribution in [0, 0.1) is 0 Å². The van der Waals surface area contributed by atoms with Crippen molar-refractivity contribution in [1.29, 1.82) is 0 Å². The molecule has 0 fully saturated rings. The summed E-state index contributed by atoms with van der Waals surface area (Å²) in [5, 5.41) is 0. The Morgan fingerprint density at radius 3 is 2.18 bits per heavy atom. The van der Waals surface area contributed by atoms with Gasteiger partial charge in [-0.25, -0.2) is 0 Å². The molecule has 0 heterocycles. The van der Waals surface area contributed by atoms with E-state index in [0.717, 1.165) is 22.8 Å². The zero-order valence-electron chi connectivity index (χ0n) is 21.5. The minimum Gasteiger partial charge on any atom is -0.489 e. The van der Waals surface area contributed by atoms with E-state index >= 15 is 0 Å². The van der Waals surface area contributed by atoms with Crippen LogP contribution < -0.4 is 9.47 Å². The maximum atomic E-state index is 13.7. The van der Waals surface area contributed by atoms with E-state index in [2.05, 4.69) is 0 Å². The maximum absolute atomic E-state index is 13.7. The molecule has 0 spiro atoms. The van der Waals surface area contributed by atoms with E-state index in [0.29, 0.717) is 11.3 Å². The van der Waals surface area contributed by atoms with Gasteiger partial charge in [0.25, 0.3) is 0 Å².